The fourth-order valence-electron chi connectivity index (χ4n) is 2.87. The Morgan fingerprint density at radius 2 is 2.00 bits per heavy atom. The zero-order chi connectivity index (χ0) is 13.9. The van der Waals surface area contributed by atoms with E-state index in [1.807, 2.05) is 30.3 Å². The summed E-state index contributed by atoms with van der Waals surface area (Å²) in [6, 6.07) is 14.2. The average Bonchev–Trinajstić information content (AvgIpc) is 2.49. The third kappa shape index (κ3) is 2.52. The van der Waals surface area contributed by atoms with Crippen molar-refractivity contribution in [1.29, 1.82) is 0 Å². The fraction of sp³-hybridized carbons (Fsp3) is 0.278. The summed E-state index contributed by atoms with van der Waals surface area (Å²) in [6.07, 6.45) is 1.45. The summed E-state index contributed by atoms with van der Waals surface area (Å²) < 4.78 is 0. The van der Waals surface area contributed by atoms with Crippen LogP contribution in [-0.2, 0) is 19.4 Å². The molecule has 0 unspecified atom stereocenters. The van der Waals surface area contributed by atoms with Crippen molar-refractivity contribution in [1.82, 2.24) is 5.32 Å². The lowest BCUT2D eigenvalue weighted by molar-refractivity contribution is 0.0991. The van der Waals surface area contributed by atoms with E-state index >= 15 is 0 Å². The maximum Gasteiger partial charge on any atom is 0.167 e. The van der Waals surface area contributed by atoms with Gasteiger partial charge in [-0.1, -0.05) is 42.5 Å². The number of hydrogen-bond donors (Lipinski definition) is 1. The van der Waals surface area contributed by atoms with Gasteiger partial charge in [0.15, 0.2) is 5.78 Å². The van der Waals surface area contributed by atoms with Gasteiger partial charge >= 0.3 is 0 Å². The normalized spacial score (nSPS) is 13.8. The van der Waals surface area contributed by atoms with Gasteiger partial charge in [0.05, 0.1) is 0 Å². The summed E-state index contributed by atoms with van der Waals surface area (Å²) >= 11 is 0. The van der Waals surface area contributed by atoms with Gasteiger partial charge in [-0.3, -0.25) is 4.79 Å². The Balaban J connectivity index is 1.90. The van der Waals surface area contributed by atoms with Gasteiger partial charge in [-0.05, 0) is 42.1 Å². The molecule has 2 heteroatoms. The Labute approximate surface area is 119 Å². The molecule has 1 aliphatic rings. The van der Waals surface area contributed by atoms with Crippen LogP contribution < -0.4 is 5.32 Å². The molecule has 2 aromatic carbocycles. The molecule has 0 atom stereocenters. The van der Waals surface area contributed by atoms with Crippen LogP contribution in [0.4, 0.5) is 0 Å². The van der Waals surface area contributed by atoms with Gasteiger partial charge < -0.3 is 5.32 Å². The lowest BCUT2D eigenvalue weighted by Crippen LogP contribution is -2.25. The second kappa shape index (κ2) is 5.59. The third-order valence-electron chi connectivity index (χ3n) is 4.05. The molecule has 0 radical (unpaired) electrons. The van der Waals surface area contributed by atoms with Crippen molar-refractivity contribution < 1.29 is 4.79 Å². The largest absolute Gasteiger partial charge is 0.312 e. The molecule has 3 rings (SSSR count). The molecule has 0 bridgehead atoms. The molecular formula is C18H19NO. The topological polar surface area (TPSA) is 29.1 Å². The fourth-order valence-corrected chi connectivity index (χ4v) is 2.87. The summed E-state index contributed by atoms with van der Waals surface area (Å²) in [5.41, 5.74) is 5.74. The van der Waals surface area contributed by atoms with Gasteiger partial charge in [0, 0.05) is 18.5 Å². The molecule has 2 nitrogen and oxygen atoms in total. The minimum atomic E-state index is 0.234. The van der Waals surface area contributed by atoms with E-state index in [0.29, 0.717) is 6.42 Å². The van der Waals surface area contributed by atoms with Gasteiger partial charge in [0.1, 0.15) is 0 Å². The number of aryl methyl sites for hydroxylation is 1. The van der Waals surface area contributed by atoms with Gasteiger partial charge in [0.25, 0.3) is 0 Å². The van der Waals surface area contributed by atoms with Crippen molar-refractivity contribution in [3.05, 3.63) is 70.3 Å². The van der Waals surface area contributed by atoms with Crippen LogP contribution in [0, 0.1) is 6.92 Å². The number of Topliss-reactive ketones (excluding diaryl/α,β-unsaturated/α-hetero) is 1. The van der Waals surface area contributed by atoms with Crippen molar-refractivity contribution in [2.75, 3.05) is 6.54 Å². The summed E-state index contributed by atoms with van der Waals surface area (Å²) in [5, 5.41) is 3.35. The highest BCUT2D eigenvalue weighted by Crippen LogP contribution is 2.21. The molecule has 0 fully saturated rings. The van der Waals surface area contributed by atoms with Crippen LogP contribution in [0.5, 0.6) is 0 Å². The van der Waals surface area contributed by atoms with Crippen LogP contribution >= 0.6 is 0 Å². The molecule has 0 aliphatic carbocycles. The highest BCUT2D eigenvalue weighted by molar-refractivity contribution is 5.99. The Morgan fingerprint density at radius 1 is 1.15 bits per heavy atom. The predicted molar refractivity (Wildman–Crippen MR) is 81.1 cm³/mol. The Kier molecular flexibility index (Phi) is 3.66. The monoisotopic (exact) mass is 265 g/mol. The van der Waals surface area contributed by atoms with Crippen LogP contribution in [0.1, 0.15) is 32.6 Å². The van der Waals surface area contributed by atoms with Crippen molar-refractivity contribution in [2.45, 2.75) is 26.3 Å². The second-order valence-corrected chi connectivity index (χ2v) is 5.40. The van der Waals surface area contributed by atoms with E-state index in [4.69, 9.17) is 0 Å². The van der Waals surface area contributed by atoms with E-state index in [2.05, 4.69) is 24.4 Å². The third-order valence-corrected chi connectivity index (χ3v) is 4.05. The number of nitrogens with one attached hydrogen (secondary N) is 1. The first-order chi connectivity index (χ1) is 9.75. The highest BCUT2D eigenvalue weighted by atomic mass is 16.1. The summed E-state index contributed by atoms with van der Waals surface area (Å²) in [7, 11) is 0. The Bertz CT molecular complexity index is 646. The maximum absolute atomic E-state index is 12.6. The first-order valence-electron chi connectivity index (χ1n) is 7.15. The zero-order valence-corrected chi connectivity index (χ0v) is 11.8. The number of benzene rings is 2. The number of carbonyl (C=O) groups is 1. The van der Waals surface area contributed by atoms with Crippen molar-refractivity contribution in [3.63, 3.8) is 0 Å². The minimum absolute atomic E-state index is 0.234. The summed E-state index contributed by atoms with van der Waals surface area (Å²) in [6.45, 7) is 3.90. The molecule has 102 valence electrons. The average molecular weight is 265 g/mol. The first kappa shape index (κ1) is 13.1. The molecule has 0 spiro atoms. The van der Waals surface area contributed by atoms with Crippen molar-refractivity contribution in [2.24, 2.45) is 0 Å². The molecule has 1 heterocycles. The standard InChI is InChI=1S/C18H19NO/c1-13-5-2-3-6-14(13)11-18(20)17-8-4-7-15-12-19-10-9-16(15)17/h2-8,19H,9-12H2,1H3. The number of rotatable bonds is 3. The molecule has 1 aliphatic heterocycles. The SMILES string of the molecule is Cc1ccccc1CC(=O)c1cccc2c1CCNC2. The Morgan fingerprint density at radius 3 is 2.85 bits per heavy atom. The van der Waals surface area contributed by atoms with E-state index in [1.54, 1.807) is 0 Å². The van der Waals surface area contributed by atoms with Crippen LogP contribution in [0.3, 0.4) is 0 Å². The molecule has 0 amide bonds. The van der Waals surface area contributed by atoms with E-state index in [0.717, 1.165) is 30.6 Å². The number of ketones is 1. The van der Waals surface area contributed by atoms with E-state index < -0.39 is 0 Å². The van der Waals surface area contributed by atoms with Gasteiger partial charge in [-0.15, -0.1) is 0 Å². The van der Waals surface area contributed by atoms with Gasteiger partial charge in [-0.2, -0.15) is 0 Å². The van der Waals surface area contributed by atoms with Crippen molar-refractivity contribution >= 4 is 5.78 Å². The lowest BCUT2D eigenvalue weighted by atomic mass is 9.90. The minimum Gasteiger partial charge on any atom is -0.312 e. The Hall–Kier alpha value is -1.93. The lowest BCUT2D eigenvalue weighted by Gasteiger charge is -2.20. The predicted octanol–water partition coefficient (Wildman–Crippen LogP) is 3.07. The molecule has 0 saturated carbocycles. The first-order valence-corrected chi connectivity index (χ1v) is 7.15. The van der Waals surface area contributed by atoms with Crippen LogP contribution in [0.15, 0.2) is 42.5 Å². The van der Waals surface area contributed by atoms with Crippen molar-refractivity contribution in [3.8, 4) is 0 Å². The molecule has 20 heavy (non-hydrogen) atoms. The van der Waals surface area contributed by atoms with E-state index in [-0.39, 0.29) is 5.78 Å². The zero-order valence-electron chi connectivity index (χ0n) is 11.8. The van der Waals surface area contributed by atoms with E-state index in [1.165, 1.54) is 16.7 Å². The van der Waals surface area contributed by atoms with E-state index in [9.17, 15) is 4.79 Å². The molecular weight excluding hydrogens is 246 g/mol. The number of fused-ring (bicyclic) bond motifs is 1. The number of carbonyl (C=O) groups excluding carboxylic acids is 1. The van der Waals surface area contributed by atoms with Gasteiger partial charge in [-0.25, -0.2) is 0 Å². The number of hydrogen-bond acceptors (Lipinski definition) is 2. The highest BCUT2D eigenvalue weighted by Gasteiger charge is 2.17. The second-order valence-electron chi connectivity index (χ2n) is 5.40. The van der Waals surface area contributed by atoms with Crippen LogP contribution in [0.25, 0.3) is 0 Å². The van der Waals surface area contributed by atoms with Crippen LogP contribution in [-0.4, -0.2) is 12.3 Å². The van der Waals surface area contributed by atoms with Gasteiger partial charge in [0.2, 0.25) is 0 Å². The molecule has 0 saturated heterocycles. The molecule has 2 aromatic rings. The maximum atomic E-state index is 12.6. The summed E-state index contributed by atoms with van der Waals surface area (Å²) in [5.74, 6) is 0.234. The summed E-state index contributed by atoms with van der Waals surface area (Å²) in [4.78, 5) is 12.6. The molecule has 1 N–H and O–H groups in total. The van der Waals surface area contributed by atoms with Crippen LogP contribution in [0.2, 0.25) is 0 Å². The molecule has 0 aromatic heterocycles. The quantitative estimate of drug-likeness (QED) is 0.864. The smallest absolute Gasteiger partial charge is 0.167 e.